The molecule has 2 amide bonds. The molecule has 1 aliphatic heterocycles. The highest BCUT2D eigenvalue weighted by molar-refractivity contribution is 5.90. The van der Waals surface area contributed by atoms with Crippen LogP contribution >= 0.6 is 0 Å². The lowest BCUT2D eigenvalue weighted by atomic mass is 9.85. The van der Waals surface area contributed by atoms with Crippen molar-refractivity contribution in [2.45, 2.75) is 72.4 Å². The highest BCUT2D eigenvalue weighted by atomic mass is 16.2. The highest BCUT2D eigenvalue weighted by Gasteiger charge is 2.38. The van der Waals surface area contributed by atoms with Crippen LogP contribution in [0.5, 0.6) is 0 Å². The summed E-state index contributed by atoms with van der Waals surface area (Å²) in [5.74, 6) is 0.0559. The van der Waals surface area contributed by atoms with Crippen LogP contribution in [0.15, 0.2) is 0 Å². The van der Waals surface area contributed by atoms with E-state index < -0.39 is 6.04 Å². The Morgan fingerprint density at radius 1 is 1.37 bits per heavy atom. The van der Waals surface area contributed by atoms with E-state index in [2.05, 4.69) is 19.2 Å². The minimum Gasteiger partial charge on any atom is -0.344 e. The smallest absolute Gasteiger partial charge is 0.245 e. The summed E-state index contributed by atoms with van der Waals surface area (Å²) < 4.78 is 0. The van der Waals surface area contributed by atoms with Crippen molar-refractivity contribution in [1.29, 1.82) is 0 Å². The molecule has 4 heteroatoms. The third kappa shape index (κ3) is 4.22. The van der Waals surface area contributed by atoms with Gasteiger partial charge in [0.25, 0.3) is 0 Å². The molecule has 0 aromatic carbocycles. The van der Waals surface area contributed by atoms with Gasteiger partial charge in [-0.05, 0) is 18.8 Å². The van der Waals surface area contributed by atoms with Gasteiger partial charge in [-0.1, -0.05) is 40.5 Å². The number of rotatable bonds is 4. The first-order valence-electron chi connectivity index (χ1n) is 7.37. The molecule has 1 N–H and O–H groups in total. The van der Waals surface area contributed by atoms with Gasteiger partial charge in [0, 0.05) is 19.0 Å². The number of carbonyl (C=O) groups excluding carboxylic acids is 2. The van der Waals surface area contributed by atoms with Crippen LogP contribution in [0, 0.1) is 5.41 Å². The van der Waals surface area contributed by atoms with Crippen molar-refractivity contribution in [3.05, 3.63) is 0 Å². The van der Waals surface area contributed by atoms with E-state index in [9.17, 15) is 9.59 Å². The van der Waals surface area contributed by atoms with Crippen molar-refractivity contribution in [3.8, 4) is 0 Å². The Bertz CT molecular complexity index is 334. The zero-order chi connectivity index (χ0) is 14.6. The lowest BCUT2D eigenvalue weighted by molar-refractivity contribution is -0.138. The van der Waals surface area contributed by atoms with E-state index in [0.717, 1.165) is 19.3 Å². The summed E-state index contributed by atoms with van der Waals surface area (Å²) in [5.41, 5.74) is -0.250. The molecule has 1 fully saturated rings. The second kappa shape index (κ2) is 6.40. The first kappa shape index (κ1) is 16.0. The van der Waals surface area contributed by atoms with E-state index in [1.807, 2.05) is 25.7 Å². The van der Waals surface area contributed by atoms with Crippen molar-refractivity contribution in [2.75, 3.05) is 6.54 Å². The van der Waals surface area contributed by atoms with Crippen molar-refractivity contribution in [2.24, 2.45) is 5.41 Å². The number of unbranched alkanes of at least 4 members (excludes halogenated alkanes) is 1. The molecule has 1 rings (SSSR count). The van der Waals surface area contributed by atoms with Gasteiger partial charge in [0.1, 0.15) is 6.04 Å². The van der Waals surface area contributed by atoms with Crippen molar-refractivity contribution < 1.29 is 9.59 Å². The minimum absolute atomic E-state index is 0.0153. The predicted octanol–water partition coefficient (Wildman–Crippen LogP) is 2.33. The van der Waals surface area contributed by atoms with Gasteiger partial charge in [-0.3, -0.25) is 9.59 Å². The van der Waals surface area contributed by atoms with Gasteiger partial charge in [0.2, 0.25) is 11.8 Å². The largest absolute Gasteiger partial charge is 0.344 e. The van der Waals surface area contributed by atoms with E-state index in [4.69, 9.17) is 0 Å². The summed E-state index contributed by atoms with van der Waals surface area (Å²) in [6.07, 6.45) is 3.67. The van der Waals surface area contributed by atoms with Gasteiger partial charge in [-0.15, -0.1) is 0 Å². The van der Waals surface area contributed by atoms with Crippen LogP contribution in [0.2, 0.25) is 0 Å². The summed E-state index contributed by atoms with van der Waals surface area (Å²) in [6, 6.07) is -0.198. The number of nitrogens with one attached hydrogen (secondary N) is 1. The maximum atomic E-state index is 12.7. The van der Waals surface area contributed by atoms with Crippen LogP contribution in [0.4, 0.5) is 0 Å². The molecule has 1 aliphatic rings. The maximum Gasteiger partial charge on any atom is 0.245 e. The third-order valence-electron chi connectivity index (χ3n) is 3.79. The lowest BCUT2D eigenvalue weighted by Crippen LogP contribution is -2.53. The second-order valence-electron chi connectivity index (χ2n) is 6.64. The van der Waals surface area contributed by atoms with Crippen LogP contribution in [0.1, 0.15) is 60.3 Å². The van der Waals surface area contributed by atoms with Crippen LogP contribution in [-0.2, 0) is 9.59 Å². The van der Waals surface area contributed by atoms with E-state index in [1.54, 1.807) is 0 Å². The normalized spacial score (nSPS) is 23.0. The topological polar surface area (TPSA) is 49.4 Å². The molecular formula is C15H28N2O2. The first-order valence-corrected chi connectivity index (χ1v) is 7.37. The molecule has 1 heterocycles. The van der Waals surface area contributed by atoms with Gasteiger partial charge < -0.3 is 10.2 Å². The molecule has 0 aromatic heterocycles. The first-order chi connectivity index (χ1) is 8.77. The van der Waals surface area contributed by atoms with Gasteiger partial charge >= 0.3 is 0 Å². The number of amides is 2. The number of hydrogen-bond donors (Lipinski definition) is 1. The molecule has 4 nitrogen and oxygen atoms in total. The Morgan fingerprint density at radius 2 is 2.00 bits per heavy atom. The fourth-order valence-electron chi connectivity index (χ4n) is 2.47. The fraction of sp³-hybridized carbons (Fsp3) is 0.867. The standard InChI is InChI=1S/C15H28N2O2/c1-6-7-8-11(2)17-10-9-12(18)16-13(14(17)19)15(3,4)5/h11,13H,6-10H2,1-5H3,(H,16,18). The van der Waals surface area contributed by atoms with Crippen molar-refractivity contribution in [1.82, 2.24) is 10.2 Å². The SMILES string of the molecule is CCCCC(C)N1CCC(=O)NC(C(C)(C)C)C1=O. The Balaban J connectivity index is 2.86. The Labute approximate surface area is 116 Å². The van der Waals surface area contributed by atoms with E-state index in [-0.39, 0.29) is 23.3 Å². The van der Waals surface area contributed by atoms with Gasteiger partial charge in [-0.25, -0.2) is 0 Å². The summed E-state index contributed by atoms with van der Waals surface area (Å²) in [4.78, 5) is 26.3. The number of carbonyl (C=O) groups is 2. The zero-order valence-electron chi connectivity index (χ0n) is 13.0. The van der Waals surface area contributed by atoms with E-state index in [1.165, 1.54) is 0 Å². The highest BCUT2D eigenvalue weighted by Crippen LogP contribution is 2.24. The molecule has 0 saturated carbocycles. The van der Waals surface area contributed by atoms with Crippen molar-refractivity contribution >= 4 is 11.8 Å². The molecule has 0 aliphatic carbocycles. The van der Waals surface area contributed by atoms with Crippen LogP contribution in [-0.4, -0.2) is 35.3 Å². The van der Waals surface area contributed by atoms with Crippen LogP contribution in [0.25, 0.3) is 0 Å². The Hall–Kier alpha value is -1.06. The Kier molecular flexibility index (Phi) is 5.39. The molecule has 0 spiro atoms. The summed E-state index contributed by atoms with van der Waals surface area (Å²) >= 11 is 0. The predicted molar refractivity (Wildman–Crippen MR) is 76.7 cm³/mol. The minimum atomic E-state index is -0.411. The van der Waals surface area contributed by atoms with Crippen LogP contribution < -0.4 is 5.32 Å². The molecule has 0 aromatic rings. The summed E-state index contributed by atoms with van der Waals surface area (Å²) in [7, 11) is 0. The fourth-order valence-corrected chi connectivity index (χ4v) is 2.47. The maximum absolute atomic E-state index is 12.7. The molecule has 110 valence electrons. The number of nitrogens with zero attached hydrogens (tertiary/aromatic N) is 1. The second-order valence-corrected chi connectivity index (χ2v) is 6.64. The third-order valence-corrected chi connectivity index (χ3v) is 3.79. The Morgan fingerprint density at radius 3 is 2.53 bits per heavy atom. The molecule has 2 atom stereocenters. The molecule has 0 radical (unpaired) electrons. The quantitative estimate of drug-likeness (QED) is 0.850. The molecule has 2 unspecified atom stereocenters. The molecule has 1 saturated heterocycles. The van der Waals surface area contributed by atoms with Crippen LogP contribution in [0.3, 0.4) is 0 Å². The average Bonchev–Trinajstić information content (AvgIpc) is 2.45. The summed E-state index contributed by atoms with van der Waals surface area (Å²) in [5, 5.41) is 2.88. The summed E-state index contributed by atoms with van der Waals surface area (Å²) in [6.45, 7) is 10.8. The lowest BCUT2D eigenvalue weighted by Gasteiger charge is -2.35. The van der Waals surface area contributed by atoms with Gasteiger partial charge in [0.15, 0.2) is 0 Å². The average molecular weight is 268 g/mol. The van der Waals surface area contributed by atoms with Gasteiger partial charge in [-0.2, -0.15) is 0 Å². The monoisotopic (exact) mass is 268 g/mol. The molecule has 19 heavy (non-hydrogen) atoms. The number of hydrogen-bond acceptors (Lipinski definition) is 2. The zero-order valence-corrected chi connectivity index (χ0v) is 13.0. The van der Waals surface area contributed by atoms with E-state index in [0.29, 0.717) is 13.0 Å². The van der Waals surface area contributed by atoms with E-state index >= 15 is 0 Å². The molecular weight excluding hydrogens is 240 g/mol. The molecule has 0 bridgehead atoms. The van der Waals surface area contributed by atoms with Crippen molar-refractivity contribution in [3.63, 3.8) is 0 Å². The van der Waals surface area contributed by atoms with Gasteiger partial charge in [0.05, 0.1) is 0 Å².